The van der Waals surface area contributed by atoms with E-state index in [0.29, 0.717) is 12.0 Å². The monoisotopic (exact) mass is 210 g/mol. The minimum Gasteiger partial charge on any atom is -0.354 e. The summed E-state index contributed by atoms with van der Waals surface area (Å²) in [6, 6.07) is 0.508. The lowest BCUT2D eigenvalue weighted by molar-refractivity contribution is -0.125. The van der Waals surface area contributed by atoms with Gasteiger partial charge in [-0.3, -0.25) is 4.79 Å². The zero-order valence-electron chi connectivity index (χ0n) is 9.59. The van der Waals surface area contributed by atoms with Gasteiger partial charge in [0, 0.05) is 18.5 Å². The van der Waals surface area contributed by atoms with Crippen molar-refractivity contribution >= 4 is 5.91 Å². The number of rotatable bonds is 4. The smallest absolute Gasteiger partial charge is 0.223 e. The second kappa shape index (κ2) is 4.97. The molecule has 0 radical (unpaired) electrons. The topological polar surface area (TPSA) is 41.1 Å². The Morgan fingerprint density at radius 2 is 2.20 bits per heavy atom. The Bertz CT molecular complexity index is 220. The van der Waals surface area contributed by atoms with E-state index < -0.39 is 0 Å². The maximum absolute atomic E-state index is 11.7. The van der Waals surface area contributed by atoms with E-state index in [2.05, 4.69) is 17.6 Å². The summed E-state index contributed by atoms with van der Waals surface area (Å²) in [7, 11) is 0. The van der Waals surface area contributed by atoms with Gasteiger partial charge in [0.25, 0.3) is 0 Å². The molecule has 2 fully saturated rings. The van der Waals surface area contributed by atoms with Crippen LogP contribution in [0.2, 0.25) is 0 Å². The molecule has 1 saturated heterocycles. The lowest BCUT2D eigenvalue weighted by atomic mass is 10.0. The molecule has 2 aliphatic rings. The molecular formula is C12H22N2O. The van der Waals surface area contributed by atoms with Gasteiger partial charge in [-0.1, -0.05) is 13.3 Å². The quantitative estimate of drug-likeness (QED) is 0.734. The number of hydrogen-bond acceptors (Lipinski definition) is 2. The first-order chi connectivity index (χ1) is 7.27. The minimum atomic E-state index is 0.230. The molecule has 15 heavy (non-hydrogen) atoms. The summed E-state index contributed by atoms with van der Waals surface area (Å²) in [5, 5.41) is 6.52. The van der Waals surface area contributed by atoms with Crippen molar-refractivity contribution in [3.05, 3.63) is 0 Å². The van der Waals surface area contributed by atoms with Gasteiger partial charge in [-0.25, -0.2) is 0 Å². The van der Waals surface area contributed by atoms with Crippen LogP contribution < -0.4 is 10.6 Å². The molecule has 1 aliphatic heterocycles. The van der Waals surface area contributed by atoms with Gasteiger partial charge < -0.3 is 10.6 Å². The van der Waals surface area contributed by atoms with Gasteiger partial charge in [0.2, 0.25) is 5.91 Å². The van der Waals surface area contributed by atoms with Gasteiger partial charge in [0.05, 0.1) is 0 Å². The van der Waals surface area contributed by atoms with Gasteiger partial charge in [-0.15, -0.1) is 0 Å². The fraction of sp³-hybridized carbons (Fsp3) is 0.917. The zero-order chi connectivity index (χ0) is 10.7. The lowest BCUT2D eigenvalue weighted by Crippen LogP contribution is -2.44. The van der Waals surface area contributed by atoms with Crippen molar-refractivity contribution in [1.29, 1.82) is 0 Å². The SMILES string of the molecule is CC(C(=O)NCC1CCCCN1)C1CC1. The number of piperidine rings is 1. The molecule has 3 nitrogen and oxygen atoms in total. The second-order valence-electron chi connectivity index (χ2n) is 5.02. The summed E-state index contributed by atoms with van der Waals surface area (Å²) >= 11 is 0. The van der Waals surface area contributed by atoms with E-state index in [1.807, 2.05) is 0 Å². The summed E-state index contributed by atoms with van der Waals surface area (Å²) in [5.74, 6) is 1.16. The van der Waals surface area contributed by atoms with Gasteiger partial charge in [0.15, 0.2) is 0 Å². The number of nitrogens with one attached hydrogen (secondary N) is 2. The highest BCUT2D eigenvalue weighted by atomic mass is 16.1. The number of carbonyl (C=O) groups is 1. The Hall–Kier alpha value is -0.570. The molecule has 2 N–H and O–H groups in total. The maximum atomic E-state index is 11.7. The Balaban J connectivity index is 1.65. The fourth-order valence-electron chi connectivity index (χ4n) is 2.29. The molecule has 86 valence electrons. The normalized spacial score (nSPS) is 28.5. The molecule has 2 atom stereocenters. The lowest BCUT2D eigenvalue weighted by Gasteiger charge is -2.24. The molecule has 3 heteroatoms. The van der Waals surface area contributed by atoms with Crippen molar-refractivity contribution in [3.63, 3.8) is 0 Å². The third-order valence-electron chi connectivity index (χ3n) is 3.68. The molecule has 1 heterocycles. The highest BCUT2D eigenvalue weighted by Crippen LogP contribution is 2.36. The van der Waals surface area contributed by atoms with Crippen LogP contribution in [0, 0.1) is 11.8 Å². The predicted octanol–water partition coefficient (Wildman–Crippen LogP) is 1.29. The molecule has 1 saturated carbocycles. The summed E-state index contributed by atoms with van der Waals surface area (Å²) in [5.41, 5.74) is 0. The molecule has 0 aromatic carbocycles. The van der Waals surface area contributed by atoms with Crippen LogP contribution in [-0.2, 0) is 4.79 Å². The molecule has 0 aromatic heterocycles. The van der Waals surface area contributed by atoms with Crippen LogP contribution in [0.25, 0.3) is 0 Å². The first-order valence-corrected chi connectivity index (χ1v) is 6.28. The van der Waals surface area contributed by atoms with E-state index in [0.717, 1.165) is 13.1 Å². The van der Waals surface area contributed by atoms with Crippen LogP contribution in [0.5, 0.6) is 0 Å². The molecular weight excluding hydrogens is 188 g/mol. The van der Waals surface area contributed by atoms with Crippen LogP contribution in [-0.4, -0.2) is 25.0 Å². The van der Waals surface area contributed by atoms with Gasteiger partial charge in [-0.05, 0) is 38.1 Å². The third kappa shape index (κ3) is 3.20. The largest absolute Gasteiger partial charge is 0.354 e. The Morgan fingerprint density at radius 1 is 1.40 bits per heavy atom. The van der Waals surface area contributed by atoms with E-state index in [-0.39, 0.29) is 11.8 Å². The molecule has 1 aliphatic carbocycles. The predicted molar refractivity (Wildman–Crippen MR) is 60.5 cm³/mol. The highest BCUT2D eigenvalue weighted by molar-refractivity contribution is 5.78. The van der Waals surface area contributed by atoms with E-state index in [9.17, 15) is 4.79 Å². The summed E-state index contributed by atoms with van der Waals surface area (Å²) in [6.07, 6.45) is 6.28. The molecule has 0 spiro atoms. The fourth-order valence-corrected chi connectivity index (χ4v) is 2.29. The van der Waals surface area contributed by atoms with Gasteiger partial charge in [-0.2, -0.15) is 0 Å². The first kappa shape index (κ1) is 10.9. The molecule has 0 aromatic rings. The van der Waals surface area contributed by atoms with Crippen LogP contribution in [0.1, 0.15) is 39.0 Å². The van der Waals surface area contributed by atoms with Crippen molar-refractivity contribution in [2.24, 2.45) is 11.8 Å². The number of carbonyl (C=O) groups excluding carboxylic acids is 1. The average Bonchev–Trinajstić information content (AvgIpc) is 3.10. The van der Waals surface area contributed by atoms with Crippen LogP contribution >= 0.6 is 0 Å². The number of amides is 1. The van der Waals surface area contributed by atoms with Crippen molar-refractivity contribution < 1.29 is 4.79 Å². The van der Waals surface area contributed by atoms with Crippen molar-refractivity contribution in [3.8, 4) is 0 Å². The minimum absolute atomic E-state index is 0.230. The third-order valence-corrected chi connectivity index (χ3v) is 3.68. The summed E-state index contributed by atoms with van der Waals surface area (Å²) in [4.78, 5) is 11.7. The van der Waals surface area contributed by atoms with Crippen molar-refractivity contribution in [2.75, 3.05) is 13.1 Å². The van der Waals surface area contributed by atoms with Crippen molar-refractivity contribution in [2.45, 2.75) is 45.1 Å². The van der Waals surface area contributed by atoms with E-state index >= 15 is 0 Å². The Morgan fingerprint density at radius 3 is 2.80 bits per heavy atom. The summed E-state index contributed by atoms with van der Waals surface area (Å²) in [6.45, 7) is 3.98. The molecule has 2 rings (SSSR count). The Labute approximate surface area is 92.0 Å². The van der Waals surface area contributed by atoms with E-state index in [4.69, 9.17) is 0 Å². The highest BCUT2D eigenvalue weighted by Gasteiger charge is 2.32. The zero-order valence-corrected chi connectivity index (χ0v) is 9.59. The van der Waals surface area contributed by atoms with Gasteiger partial charge in [0.1, 0.15) is 0 Å². The number of hydrogen-bond donors (Lipinski definition) is 2. The first-order valence-electron chi connectivity index (χ1n) is 6.28. The Kier molecular flexibility index (Phi) is 3.62. The van der Waals surface area contributed by atoms with Gasteiger partial charge >= 0.3 is 0 Å². The molecule has 0 bridgehead atoms. The van der Waals surface area contributed by atoms with Crippen LogP contribution in [0.3, 0.4) is 0 Å². The standard InChI is InChI=1S/C12H22N2O/c1-9(10-5-6-10)12(15)14-8-11-4-2-3-7-13-11/h9-11,13H,2-8H2,1H3,(H,14,15). The van der Waals surface area contributed by atoms with E-state index in [1.165, 1.54) is 32.1 Å². The van der Waals surface area contributed by atoms with Crippen LogP contribution in [0.15, 0.2) is 0 Å². The second-order valence-corrected chi connectivity index (χ2v) is 5.02. The van der Waals surface area contributed by atoms with Crippen LogP contribution in [0.4, 0.5) is 0 Å². The van der Waals surface area contributed by atoms with Crippen molar-refractivity contribution in [1.82, 2.24) is 10.6 Å². The molecule has 1 amide bonds. The average molecular weight is 210 g/mol. The van der Waals surface area contributed by atoms with E-state index in [1.54, 1.807) is 0 Å². The summed E-state index contributed by atoms with van der Waals surface area (Å²) < 4.78 is 0. The maximum Gasteiger partial charge on any atom is 0.223 e. The molecule has 2 unspecified atom stereocenters.